The van der Waals surface area contributed by atoms with Crippen LogP contribution < -0.4 is 15.0 Å². The lowest BCUT2D eigenvalue weighted by molar-refractivity contribution is 0.287. The Kier molecular flexibility index (Phi) is 5.53. The zero-order valence-corrected chi connectivity index (χ0v) is 15.2. The molecule has 0 amide bonds. The molecule has 0 radical (unpaired) electrons. The number of aromatic nitrogens is 2. The topological polar surface area (TPSA) is 88.0 Å². The second-order valence-corrected chi connectivity index (χ2v) is 5.67. The molecule has 27 heavy (non-hydrogen) atoms. The molecule has 6 nitrogen and oxygen atoms in total. The summed E-state index contributed by atoms with van der Waals surface area (Å²) in [5.41, 5.74) is 1.26. The zero-order chi connectivity index (χ0) is 19.2. The van der Waals surface area contributed by atoms with E-state index in [-0.39, 0.29) is 17.0 Å². The highest BCUT2D eigenvalue weighted by atomic mass is 16.5. The van der Waals surface area contributed by atoms with Crippen LogP contribution in [0, 0.1) is 11.3 Å². The Morgan fingerprint density at radius 2 is 1.89 bits per heavy atom. The maximum Gasteiger partial charge on any atom is 0.259 e. The quantitative estimate of drug-likeness (QED) is 0.675. The summed E-state index contributed by atoms with van der Waals surface area (Å²) in [6.45, 7) is 4.82. The zero-order valence-electron chi connectivity index (χ0n) is 15.2. The van der Waals surface area contributed by atoms with E-state index in [0.717, 1.165) is 5.56 Å². The minimum atomic E-state index is -0.279. The van der Waals surface area contributed by atoms with Gasteiger partial charge in [-0.3, -0.25) is 4.79 Å². The summed E-state index contributed by atoms with van der Waals surface area (Å²) in [4.78, 5) is 19.3. The average molecular weight is 361 g/mol. The fourth-order valence-electron chi connectivity index (χ4n) is 2.69. The van der Waals surface area contributed by atoms with Gasteiger partial charge in [-0.1, -0.05) is 18.2 Å². The van der Waals surface area contributed by atoms with Gasteiger partial charge in [0.2, 0.25) is 0 Å². The van der Waals surface area contributed by atoms with Crippen LogP contribution in [-0.2, 0) is 0 Å². The molecular weight excluding hydrogens is 342 g/mol. The van der Waals surface area contributed by atoms with Crippen molar-refractivity contribution in [3.05, 3.63) is 64.2 Å². The number of aromatic amines is 1. The second kappa shape index (κ2) is 8.19. The standard InChI is InChI=1S/C21H19N3O3/c1-3-26-18-10-9-14(12-19(18)27-4-2)11-15(13-22)20-23-17-8-6-5-7-16(17)21(25)24-20/h5-12H,3-4H2,1-2H3,(H,23,24,25)/b15-11-. The van der Waals surface area contributed by atoms with Crippen molar-refractivity contribution in [2.75, 3.05) is 13.2 Å². The fourth-order valence-corrected chi connectivity index (χ4v) is 2.69. The lowest BCUT2D eigenvalue weighted by Gasteiger charge is -2.11. The second-order valence-electron chi connectivity index (χ2n) is 5.67. The Hall–Kier alpha value is -3.59. The van der Waals surface area contributed by atoms with Crippen molar-refractivity contribution in [3.63, 3.8) is 0 Å². The van der Waals surface area contributed by atoms with E-state index in [9.17, 15) is 10.1 Å². The molecule has 136 valence electrons. The van der Waals surface area contributed by atoms with Crippen LogP contribution in [0.3, 0.4) is 0 Å². The lowest BCUT2D eigenvalue weighted by Crippen LogP contribution is -2.11. The summed E-state index contributed by atoms with van der Waals surface area (Å²) >= 11 is 0. The maximum absolute atomic E-state index is 12.3. The van der Waals surface area contributed by atoms with E-state index < -0.39 is 0 Å². The smallest absolute Gasteiger partial charge is 0.259 e. The van der Waals surface area contributed by atoms with Gasteiger partial charge in [0.25, 0.3) is 5.56 Å². The summed E-state index contributed by atoms with van der Waals surface area (Å²) in [6, 6.07) is 14.5. The highest BCUT2D eigenvalue weighted by Gasteiger charge is 2.10. The van der Waals surface area contributed by atoms with Gasteiger partial charge in [0.05, 0.1) is 29.7 Å². The Morgan fingerprint density at radius 1 is 1.15 bits per heavy atom. The number of hydrogen-bond acceptors (Lipinski definition) is 5. The van der Waals surface area contributed by atoms with Crippen molar-refractivity contribution in [1.29, 1.82) is 5.26 Å². The number of benzene rings is 2. The van der Waals surface area contributed by atoms with Crippen LogP contribution in [0.25, 0.3) is 22.6 Å². The van der Waals surface area contributed by atoms with E-state index >= 15 is 0 Å². The molecule has 1 heterocycles. The number of allylic oxidation sites excluding steroid dienone is 1. The predicted octanol–water partition coefficient (Wildman–Crippen LogP) is 3.78. The highest BCUT2D eigenvalue weighted by Crippen LogP contribution is 2.30. The average Bonchev–Trinajstić information content (AvgIpc) is 2.68. The van der Waals surface area contributed by atoms with Gasteiger partial charge in [-0.2, -0.15) is 5.26 Å². The Bertz CT molecular complexity index is 1090. The van der Waals surface area contributed by atoms with Gasteiger partial charge in [-0.15, -0.1) is 0 Å². The van der Waals surface area contributed by atoms with Crippen LogP contribution in [0.15, 0.2) is 47.3 Å². The molecule has 2 aromatic carbocycles. The van der Waals surface area contributed by atoms with Crippen molar-refractivity contribution >= 4 is 22.6 Å². The number of nitrogens with zero attached hydrogens (tertiary/aromatic N) is 2. The number of fused-ring (bicyclic) bond motifs is 1. The van der Waals surface area contributed by atoms with Crippen molar-refractivity contribution in [1.82, 2.24) is 9.97 Å². The molecule has 0 atom stereocenters. The summed E-state index contributed by atoms with van der Waals surface area (Å²) in [7, 11) is 0. The molecule has 0 unspecified atom stereocenters. The van der Waals surface area contributed by atoms with Crippen molar-refractivity contribution in [2.45, 2.75) is 13.8 Å². The number of H-pyrrole nitrogens is 1. The van der Waals surface area contributed by atoms with Gasteiger partial charge in [-0.05, 0) is 49.8 Å². The molecule has 0 aliphatic heterocycles. The van der Waals surface area contributed by atoms with E-state index in [2.05, 4.69) is 16.0 Å². The largest absolute Gasteiger partial charge is 0.490 e. The molecule has 0 saturated carbocycles. The van der Waals surface area contributed by atoms with Crippen LogP contribution in [0.2, 0.25) is 0 Å². The number of rotatable bonds is 6. The molecule has 0 spiro atoms. The molecule has 0 bridgehead atoms. The summed E-state index contributed by atoms with van der Waals surface area (Å²) in [6.07, 6.45) is 1.66. The molecule has 0 aliphatic carbocycles. The minimum absolute atomic E-state index is 0.230. The van der Waals surface area contributed by atoms with Crippen molar-refractivity contribution in [2.24, 2.45) is 0 Å². The number of nitriles is 1. The van der Waals surface area contributed by atoms with E-state index in [0.29, 0.717) is 35.6 Å². The molecular formula is C21H19N3O3. The highest BCUT2D eigenvalue weighted by molar-refractivity contribution is 5.89. The van der Waals surface area contributed by atoms with Crippen LogP contribution in [0.5, 0.6) is 11.5 Å². The predicted molar refractivity (Wildman–Crippen MR) is 105 cm³/mol. The first-order valence-corrected chi connectivity index (χ1v) is 8.67. The summed E-state index contributed by atoms with van der Waals surface area (Å²) < 4.78 is 11.2. The third kappa shape index (κ3) is 3.98. The Balaban J connectivity index is 2.06. The van der Waals surface area contributed by atoms with E-state index in [1.54, 1.807) is 42.5 Å². The summed E-state index contributed by atoms with van der Waals surface area (Å²) in [5.74, 6) is 1.48. The maximum atomic E-state index is 12.3. The molecule has 6 heteroatoms. The summed E-state index contributed by atoms with van der Waals surface area (Å²) in [5, 5.41) is 10.1. The van der Waals surface area contributed by atoms with Crippen molar-refractivity contribution in [3.8, 4) is 17.6 Å². The van der Waals surface area contributed by atoms with Gasteiger partial charge in [0.1, 0.15) is 6.07 Å². The Labute approximate surface area is 156 Å². The molecule has 1 N–H and O–H groups in total. The molecule has 0 saturated heterocycles. The first-order chi connectivity index (χ1) is 13.2. The molecule has 3 aromatic rings. The Morgan fingerprint density at radius 3 is 2.63 bits per heavy atom. The number of nitrogens with one attached hydrogen (secondary N) is 1. The monoisotopic (exact) mass is 361 g/mol. The van der Waals surface area contributed by atoms with E-state index in [1.165, 1.54) is 0 Å². The third-order valence-corrected chi connectivity index (χ3v) is 3.87. The fraction of sp³-hybridized carbons (Fsp3) is 0.190. The van der Waals surface area contributed by atoms with Crippen LogP contribution in [0.4, 0.5) is 0 Å². The van der Waals surface area contributed by atoms with Gasteiger partial charge in [0, 0.05) is 0 Å². The number of ether oxygens (including phenoxy) is 2. The number of hydrogen-bond donors (Lipinski definition) is 1. The molecule has 0 fully saturated rings. The minimum Gasteiger partial charge on any atom is -0.490 e. The van der Waals surface area contributed by atoms with Crippen LogP contribution in [-0.4, -0.2) is 23.2 Å². The first-order valence-electron chi connectivity index (χ1n) is 8.67. The molecule has 1 aromatic heterocycles. The lowest BCUT2D eigenvalue weighted by atomic mass is 10.1. The third-order valence-electron chi connectivity index (χ3n) is 3.87. The van der Waals surface area contributed by atoms with Crippen LogP contribution >= 0.6 is 0 Å². The van der Waals surface area contributed by atoms with E-state index in [1.807, 2.05) is 19.9 Å². The normalized spacial score (nSPS) is 11.2. The molecule has 0 aliphatic rings. The SMILES string of the molecule is CCOc1ccc(/C=C(/C#N)c2nc3ccccc3c(=O)[nH]2)cc1OCC. The first kappa shape index (κ1) is 18.2. The van der Waals surface area contributed by atoms with Gasteiger partial charge in [0.15, 0.2) is 17.3 Å². The van der Waals surface area contributed by atoms with Crippen LogP contribution in [0.1, 0.15) is 25.2 Å². The number of para-hydroxylation sites is 1. The molecule has 3 rings (SSSR count). The van der Waals surface area contributed by atoms with Gasteiger partial charge >= 0.3 is 0 Å². The van der Waals surface area contributed by atoms with E-state index in [4.69, 9.17) is 9.47 Å². The van der Waals surface area contributed by atoms with Gasteiger partial charge < -0.3 is 14.5 Å². The van der Waals surface area contributed by atoms with Gasteiger partial charge in [-0.25, -0.2) is 4.98 Å². The van der Waals surface area contributed by atoms with Crippen molar-refractivity contribution < 1.29 is 9.47 Å².